The predicted molar refractivity (Wildman–Crippen MR) is 129 cm³/mol. The van der Waals surface area contributed by atoms with Crippen LogP contribution in [-0.2, 0) is 10.2 Å². The maximum absolute atomic E-state index is 14.2. The summed E-state index contributed by atoms with van der Waals surface area (Å²) in [6.45, 7) is 11.8. The first-order valence-electron chi connectivity index (χ1n) is 11.4. The molecular formula is C27H35FN3OU-. The molecule has 1 atom stereocenters. The topological polar surface area (TPSA) is 69.6 Å². The first-order valence-corrected chi connectivity index (χ1v) is 11.4. The van der Waals surface area contributed by atoms with Crippen LogP contribution in [0, 0.1) is 48.9 Å². The Balaban J connectivity index is 0.00000544. The predicted octanol–water partition coefficient (Wildman–Crippen LogP) is 7.14. The molecule has 0 amide bonds. The number of allylic oxidation sites excluding steroid dienone is 3. The van der Waals surface area contributed by atoms with Crippen molar-refractivity contribution in [1.82, 2.24) is 9.97 Å². The summed E-state index contributed by atoms with van der Waals surface area (Å²) in [7, 11) is 0. The van der Waals surface area contributed by atoms with Gasteiger partial charge >= 0.3 is 0 Å². The quantitative estimate of drug-likeness (QED) is 0.0969. The third-order valence-corrected chi connectivity index (χ3v) is 6.03. The minimum Gasteiger partial charge on any atom is -0.392 e. The van der Waals surface area contributed by atoms with Crippen molar-refractivity contribution >= 4 is 11.5 Å². The number of halogens is 1. The number of hydrogen-bond donors (Lipinski definition) is 2. The first-order chi connectivity index (χ1) is 15.3. The van der Waals surface area contributed by atoms with Gasteiger partial charge in [0.1, 0.15) is 11.6 Å². The van der Waals surface area contributed by atoms with Gasteiger partial charge in [-0.2, -0.15) is 0 Å². The van der Waals surface area contributed by atoms with Crippen LogP contribution in [-0.4, -0.2) is 21.5 Å². The number of aromatic amines is 1. The molecule has 1 aromatic carbocycles. The van der Waals surface area contributed by atoms with Gasteiger partial charge in [0, 0.05) is 42.1 Å². The molecule has 6 heteroatoms. The second-order valence-corrected chi connectivity index (χ2v) is 8.71. The van der Waals surface area contributed by atoms with Gasteiger partial charge in [0.25, 0.3) is 0 Å². The molecule has 176 valence electrons. The van der Waals surface area contributed by atoms with Gasteiger partial charge < -0.3 is 15.2 Å². The molecule has 1 aromatic heterocycles. The fourth-order valence-electron chi connectivity index (χ4n) is 3.93. The van der Waals surface area contributed by atoms with Gasteiger partial charge in [-0.05, 0) is 57.6 Å². The van der Waals surface area contributed by atoms with Crippen molar-refractivity contribution in [1.29, 1.82) is 5.41 Å². The summed E-state index contributed by atoms with van der Waals surface area (Å²) >= 11 is 0. The standard InChI is InChI=1S/C27H35FN3O.U/c1-5-12-20(3)16-18-27(4,17-11-7-8-15-25(32)23(29)6-2)26-30-19-24(31-26)21-13-9-10-14-22(21)28;/h2,6,9-10,12-14,19,29H,5,7-8,11,15-18H2,1,3-4H3,(H,30,31);/q-1;/b20-12+,29-23?;/t27-;/m1./s1. The molecule has 0 spiro atoms. The van der Waals surface area contributed by atoms with Crippen molar-refractivity contribution in [3.63, 3.8) is 0 Å². The van der Waals surface area contributed by atoms with Crippen molar-refractivity contribution in [2.24, 2.45) is 0 Å². The molecule has 0 saturated heterocycles. The van der Waals surface area contributed by atoms with Gasteiger partial charge in [-0.15, -0.1) is 0 Å². The first kappa shape index (κ1) is 29.3. The van der Waals surface area contributed by atoms with Crippen LogP contribution in [0.2, 0.25) is 0 Å². The minimum atomic E-state index is -0.268. The van der Waals surface area contributed by atoms with Gasteiger partial charge in [0.05, 0.1) is 17.7 Å². The van der Waals surface area contributed by atoms with Crippen molar-refractivity contribution in [2.45, 2.75) is 77.6 Å². The molecular weight excluding hydrogens is 639 g/mol. The summed E-state index contributed by atoms with van der Waals surface area (Å²) in [5.74, 6) is 0.392. The van der Waals surface area contributed by atoms with Crippen LogP contribution in [0.5, 0.6) is 0 Å². The van der Waals surface area contributed by atoms with E-state index in [-0.39, 0.29) is 53.8 Å². The minimum absolute atomic E-state index is 0. The number of nitrogens with one attached hydrogen (secondary N) is 2. The third-order valence-electron chi connectivity index (χ3n) is 6.03. The van der Waals surface area contributed by atoms with Gasteiger partial charge in [0.15, 0.2) is 0 Å². The van der Waals surface area contributed by atoms with Crippen molar-refractivity contribution < 1.29 is 40.3 Å². The number of carbonyl (C=O) groups is 1. The number of benzene rings is 1. The number of rotatable bonds is 14. The van der Waals surface area contributed by atoms with E-state index in [9.17, 15) is 9.18 Å². The van der Waals surface area contributed by atoms with Crippen molar-refractivity contribution in [3.05, 3.63) is 66.4 Å². The summed E-state index contributed by atoms with van der Waals surface area (Å²) < 4.78 is 14.2. The molecule has 33 heavy (non-hydrogen) atoms. The Bertz CT molecular complexity index is 966. The molecule has 2 aromatic rings. The second kappa shape index (κ2) is 14.5. The largest absolute Gasteiger partial charge is 0.392 e. The monoisotopic (exact) mass is 674 g/mol. The van der Waals surface area contributed by atoms with E-state index in [0.29, 0.717) is 17.7 Å². The zero-order chi connectivity index (χ0) is 23.6. The molecule has 4 nitrogen and oxygen atoms in total. The summed E-state index contributed by atoms with van der Waals surface area (Å²) in [4.78, 5) is 19.8. The van der Waals surface area contributed by atoms with E-state index in [1.807, 2.05) is 6.07 Å². The van der Waals surface area contributed by atoms with Crippen molar-refractivity contribution in [2.75, 3.05) is 0 Å². The SMILES string of the molecule is [CH-]=CC(=N)C(=O)CCCCC[C@](C)(CC/C(C)=C/CC)c1ncc(-c2ccccc2F)[nH]1.[U]. The number of ketones is 1. The molecule has 0 bridgehead atoms. The van der Waals surface area contributed by atoms with Crippen LogP contribution in [0.25, 0.3) is 11.3 Å². The van der Waals surface area contributed by atoms with E-state index >= 15 is 0 Å². The molecule has 0 aliphatic heterocycles. The van der Waals surface area contributed by atoms with Crippen LogP contribution < -0.4 is 0 Å². The molecule has 0 aliphatic rings. The fraction of sp³-hybridized carbons (Fsp3) is 0.444. The molecule has 2 N–H and O–H groups in total. The van der Waals surface area contributed by atoms with E-state index in [2.05, 4.69) is 36.8 Å². The summed E-state index contributed by atoms with van der Waals surface area (Å²) in [6, 6.07) is 6.71. The van der Waals surface area contributed by atoms with Crippen LogP contribution in [0.1, 0.15) is 78.0 Å². The number of nitrogens with zero attached hydrogens (tertiary/aromatic N) is 1. The molecule has 0 radical (unpaired) electrons. The number of hydrogen-bond acceptors (Lipinski definition) is 3. The maximum Gasteiger partial charge on any atom is 0.132 e. The Morgan fingerprint density at radius 1 is 1.21 bits per heavy atom. The van der Waals surface area contributed by atoms with Crippen LogP contribution >= 0.6 is 0 Å². The number of H-pyrrole nitrogens is 1. The zero-order valence-corrected chi connectivity index (χ0v) is 24.2. The summed E-state index contributed by atoms with van der Waals surface area (Å²) in [5.41, 5.74) is 2.26. The molecule has 1 heterocycles. The fourth-order valence-corrected chi connectivity index (χ4v) is 3.93. The summed E-state index contributed by atoms with van der Waals surface area (Å²) in [6.07, 6.45) is 11.8. The van der Waals surface area contributed by atoms with Crippen LogP contribution in [0.3, 0.4) is 0 Å². The van der Waals surface area contributed by atoms with E-state index < -0.39 is 0 Å². The van der Waals surface area contributed by atoms with E-state index in [0.717, 1.165) is 56.8 Å². The Morgan fingerprint density at radius 2 is 1.94 bits per heavy atom. The average molecular weight is 675 g/mol. The van der Waals surface area contributed by atoms with E-state index in [4.69, 9.17) is 12.0 Å². The number of unbranched alkanes of at least 4 members (excludes halogenated alkanes) is 2. The van der Waals surface area contributed by atoms with Crippen LogP contribution in [0.4, 0.5) is 4.39 Å². The molecule has 0 saturated carbocycles. The number of imidazole rings is 1. The Hall–Kier alpha value is -1.77. The molecule has 0 unspecified atom stereocenters. The Labute approximate surface area is 221 Å². The van der Waals surface area contributed by atoms with Gasteiger partial charge in [0.2, 0.25) is 0 Å². The maximum atomic E-state index is 14.2. The van der Waals surface area contributed by atoms with Crippen LogP contribution in [0.15, 0.2) is 48.2 Å². The zero-order valence-electron chi connectivity index (χ0n) is 20.0. The van der Waals surface area contributed by atoms with Gasteiger partial charge in [-0.3, -0.25) is 6.58 Å². The molecule has 0 aliphatic carbocycles. The number of Topliss-reactive ketones (excluding diaryl/α,β-unsaturated/α-hetero) is 1. The second-order valence-electron chi connectivity index (χ2n) is 8.71. The number of aromatic nitrogens is 2. The van der Waals surface area contributed by atoms with Gasteiger partial charge in [-0.25, -0.2) is 15.5 Å². The third kappa shape index (κ3) is 8.83. The van der Waals surface area contributed by atoms with Gasteiger partial charge in [-0.1, -0.05) is 56.2 Å². The Kier molecular flexibility index (Phi) is 12.8. The normalized spacial score (nSPS) is 13.2. The smallest absolute Gasteiger partial charge is 0.132 e. The Morgan fingerprint density at radius 3 is 2.61 bits per heavy atom. The molecule has 0 fully saturated rings. The average Bonchev–Trinajstić information content (AvgIpc) is 3.28. The number of carbonyl (C=O) groups excluding carboxylic acids is 1. The summed E-state index contributed by atoms with van der Waals surface area (Å²) in [5, 5.41) is 7.48. The van der Waals surface area contributed by atoms with E-state index in [1.54, 1.807) is 18.3 Å². The molecule has 2 rings (SSSR count). The van der Waals surface area contributed by atoms with Crippen molar-refractivity contribution in [3.8, 4) is 11.3 Å². The van der Waals surface area contributed by atoms with E-state index in [1.165, 1.54) is 11.6 Å².